The first kappa shape index (κ1) is 24.1. The normalized spacial score (nSPS) is 13.1. The van der Waals surface area contributed by atoms with Crippen molar-refractivity contribution in [1.29, 1.82) is 0 Å². The summed E-state index contributed by atoms with van der Waals surface area (Å²) in [5.41, 5.74) is 1.00. The maximum Gasteiger partial charge on any atom is 0.269 e. The highest BCUT2D eigenvalue weighted by atomic mass is 19.1. The Balaban J connectivity index is 1.50. The maximum atomic E-state index is 14.6. The van der Waals surface area contributed by atoms with Crippen molar-refractivity contribution in [2.45, 2.75) is 18.7 Å². The molecule has 35 heavy (non-hydrogen) atoms. The first-order valence-corrected chi connectivity index (χ1v) is 10.8. The minimum absolute atomic E-state index is 0.0305. The van der Waals surface area contributed by atoms with E-state index in [9.17, 15) is 24.0 Å². The Morgan fingerprint density at radius 2 is 1.71 bits per heavy atom. The molecule has 0 amide bonds. The standard InChI is InChI=1S/C25H23F2N5O3/c1-30(13-18-2-4-19(5-3-18)20-6-9-22(10-7-20)32(34)35)14-25(33,15-31-17-28-16-29-31)23-11-8-21(26)12-24(23)27/h2-12,16-17,33H,13-15H2,1H3. The second-order valence-electron chi connectivity index (χ2n) is 8.42. The summed E-state index contributed by atoms with van der Waals surface area (Å²) < 4.78 is 29.5. The summed E-state index contributed by atoms with van der Waals surface area (Å²) >= 11 is 0. The highest BCUT2D eigenvalue weighted by Crippen LogP contribution is 2.28. The van der Waals surface area contributed by atoms with E-state index in [1.54, 1.807) is 19.2 Å². The van der Waals surface area contributed by atoms with Crippen LogP contribution in [-0.4, -0.2) is 43.3 Å². The van der Waals surface area contributed by atoms with E-state index in [0.717, 1.165) is 28.8 Å². The third kappa shape index (κ3) is 5.73. The molecular formula is C25H23F2N5O3. The smallest absolute Gasteiger partial charge is 0.269 e. The van der Waals surface area contributed by atoms with Crippen LogP contribution in [0.25, 0.3) is 11.1 Å². The largest absolute Gasteiger partial charge is 0.382 e. The summed E-state index contributed by atoms with van der Waals surface area (Å²) in [7, 11) is 1.79. The van der Waals surface area contributed by atoms with Crippen LogP contribution in [-0.2, 0) is 18.7 Å². The average Bonchev–Trinajstić information content (AvgIpc) is 3.32. The van der Waals surface area contributed by atoms with Crippen LogP contribution in [0.4, 0.5) is 14.5 Å². The Morgan fingerprint density at radius 1 is 1.06 bits per heavy atom. The molecule has 0 spiro atoms. The zero-order valence-electron chi connectivity index (χ0n) is 18.9. The number of aliphatic hydroxyl groups is 1. The van der Waals surface area contributed by atoms with Crippen LogP contribution >= 0.6 is 0 Å². The number of hydrogen-bond donors (Lipinski definition) is 1. The van der Waals surface area contributed by atoms with E-state index in [-0.39, 0.29) is 24.3 Å². The molecule has 3 aromatic carbocycles. The van der Waals surface area contributed by atoms with Crippen molar-refractivity contribution >= 4 is 5.69 Å². The minimum atomic E-state index is -1.70. The van der Waals surface area contributed by atoms with Gasteiger partial charge in [0.2, 0.25) is 0 Å². The molecule has 0 aliphatic heterocycles. The number of rotatable bonds is 9. The number of halogens is 2. The third-order valence-electron chi connectivity index (χ3n) is 5.67. The van der Waals surface area contributed by atoms with Gasteiger partial charge in [0, 0.05) is 36.9 Å². The topological polar surface area (TPSA) is 97.3 Å². The lowest BCUT2D eigenvalue weighted by atomic mass is 9.92. The van der Waals surface area contributed by atoms with Crippen molar-refractivity contribution in [1.82, 2.24) is 19.7 Å². The molecule has 0 fully saturated rings. The quantitative estimate of drug-likeness (QED) is 0.286. The molecule has 0 saturated carbocycles. The number of nitrogens with zero attached hydrogens (tertiary/aromatic N) is 5. The lowest BCUT2D eigenvalue weighted by Crippen LogP contribution is -2.43. The second kappa shape index (κ2) is 10.1. The summed E-state index contributed by atoms with van der Waals surface area (Å²) in [6, 6.07) is 17.1. The molecule has 4 rings (SSSR count). The number of aromatic nitrogens is 3. The van der Waals surface area contributed by atoms with Gasteiger partial charge in [-0.2, -0.15) is 5.10 Å². The first-order chi connectivity index (χ1) is 16.7. The monoisotopic (exact) mass is 479 g/mol. The molecule has 0 bridgehead atoms. The van der Waals surface area contributed by atoms with Crippen LogP contribution in [0.2, 0.25) is 0 Å². The lowest BCUT2D eigenvalue weighted by Gasteiger charge is -2.33. The van der Waals surface area contributed by atoms with E-state index in [1.807, 2.05) is 29.2 Å². The summed E-state index contributed by atoms with van der Waals surface area (Å²) in [5.74, 6) is -1.57. The maximum absolute atomic E-state index is 14.6. The van der Waals surface area contributed by atoms with Crippen molar-refractivity contribution in [3.05, 3.63) is 112 Å². The molecule has 1 aromatic heterocycles. The van der Waals surface area contributed by atoms with E-state index >= 15 is 0 Å². The van der Waals surface area contributed by atoms with Gasteiger partial charge in [-0.25, -0.2) is 18.4 Å². The van der Waals surface area contributed by atoms with E-state index < -0.39 is 22.2 Å². The van der Waals surface area contributed by atoms with E-state index in [1.165, 1.54) is 35.5 Å². The highest BCUT2D eigenvalue weighted by Gasteiger charge is 2.34. The molecular weight excluding hydrogens is 456 g/mol. The summed E-state index contributed by atoms with van der Waals surface area (Å²) in [4.78, 5) is 16.1. The Hall–Kier alpha value is -4.02. The van der Waals surface area contributed by atoms with Crippen molar-refractivity contribution < 1.29 is 18.8 Å². The van der Waals surface area contributed by atoms with Crippen molar-refractivity contribution in [2.24, 2.45) is 0 Å². The highest BCUT2D eigenvalue weighted by molar-refractivity contribution is 5.65. The van der Waals surface area contributed by atoms with Gasteiger partial charge in [0.1, 0.15) is 29.9 Å². The van der Waals surface area contributed by atoms with Gasteiger partial charge >= 0.3 is 0 Å². The third-order valence-corrected chi connectivity index (χ3v) is 5.67. The Kier molecular flexibility index (Phi) is 6.94. The van der Waals surface area contributed by atoms with Gasteiger partial charge in [0.05, 0.1) is 11.5 Å². The number of hydrogen-bond acceptors (Lipinski definition) is 6. The Labute approximate surface area is 200 Å². The second-order valence-corrected chi connectivity index (χ2v) is 8.42. The van der Waals surface area contributed by atoms with Gasteiger partial charge in [-0.15, -0.1) is 0 Å². The summed E-state index contributed by atoms with van der Waals surface area (Å²) in [5, 5.41) is 26.3. The lowest BCUT2D eigenvalue weighted by molar-refractivity contribution is -0.384. The number of nitro groups is 1. The fourth-order valence-corrected chi connectivity index (χ4v) is 4.06. The van der Waals surface area contributed by atoms with Gasteiger partial charge in [-0.3, -0.25) is 15.0 Å². The number of likely N-dealkylation sites (N-methyl/N-ethyl adjacent to an activating group) is 1. The molecule has 4 aromatic rings. The van der Waals surface area contributed by atoms with Crippen LogP contribution in [0.5, 0.6) is 0 Å². The molecule has 0 aliphatic carbocycles. The molecule has 10 heteroatoms. The van der Waals surface area contributed by atoms with Gasteiger partial charge < -0.3 is 5.11 Å². The molecule has 0 radical (unpaired) electrons. The van der Waals surface area contributed by atoms with Crippen LogP contribution in [0.3, 0.4) is 0 Å². The molecule has 0 aliphatic rings. The summed E-state index contributed by atoms with van der Waals surface area (Å²) in [6.45, 7) is 0.418. The van der Waals surface area contributed by atoms with E-state index in [2.05, 4.69) is 10.1 Å². The van der Waals surface area contributed by atoms with Gasteiger partial charge in [0.15, 0.2) is 0 Å². The predicted molar refractivity (Wildman–Crippen MR) is 125 cm³/mol. The Morgan fingerprint density at radius 3 is 2.29 bits per heavy atom. The predicted octanol–water partition coefficient (Wildman–Crippen LogP) is 4.15. The molecule has 8 nitrogen and oxygen atoms in total. The number of nitro benzene ring substituents is 1. The molecule has 0 saturated heterocycles. The first-order valence-electron chi connectivity index (χ1n) is 10.8. The van der Waals surface area contributed by atoms with Crippen molar-refractivity contribution in [3.63, 3.8) is 0 Å². The van der Waals surface area contributed by atoms with Crippen LogP contribution in [0.15, 0.2) is 79.4 Å². The minimum Gasteiger partial charge on any atom is -0.382 e. The zero-order chi connectivity index (χ0) is 25.0. The Bertz CT molecular complexity index is 1300. The number of non-ortho nitro benzene ring substituents is 1. The summed E-state index contributed by atoms with van der Waals surface area (Å²) in [6.07, 6.45) is 2.74. The van der Waals surface area contributed by atoms with Crippen LogP contribution in [0, 0.1) is 21.7 Å². The van der Waals surface area contributed by atoms with Crippen LogP contribution in [0.1, 0.15) is 11.1 Å². The van der Waals surface area contributed by atoms with E-state index in [0.29, 0.717) is 6.54 Å². The van der Waals surface area contributed by atoms with Crippen LogP contribution < -0.4 is 0 Å². The molecule has 1 atom stereocenters. The van der Waals surface area contributed by atoms with Gasteiger partial charge in [-0.05, 0) is 41.9 Å². The van der Waals surface area contributed by atoms with Crippen molar-refractivity contribution in [3.8, 4) is 11.1 Å². The van der Waals surface area contributed by atoms with Crippen molar-refractivity contribution in [2.75, 3.05) is 13.6 Å². The number of benzene rings is 3. The molecule has 180 valence electrons. The SMILES string of the molecule is CN(Cc1ccc(-c2ccc([N+](=O)[O-])cc2)cc1)CC(O)(Cn1cncn1)c1ccc(F)cc1F. The van der Waals surface area contributed by atoms with Gasteiger partial charge in [0.25, 0.3) is 5.69 Å². The fourth-order valence-electron chi connectivity index (χ4n) is 4.06. The molecule has 1 unspecified atom stereocenters. The van der Waals surface area contributed by atoms with Gasteiger partial charge in [-0.1, -0.05) is 30.3 Å². The fraction of sp³-hybridized carbons (Fsp3) is 0.200. The van der Waals surface area contributed by atoms with E-state index in [4.69, 9.17) is 0 Å². The zero-order valence-corrected chi connectivity index (χ0v) is 18.9. The molecule has 1 N–H and O–H groups in total. The average molecular weight is 479 g/mol. The molecule has 1 heterocycles.